The quantitative estimate of drug-likeness (QED) is 0.451. The van der Waals surface area contributed by atoms with E-state index >= 15 is 0 Å². The second kappa shape index (κ2) is 7.05. The molecule has 5 heteroatoms. The van der Waals surface area contributed by atoms with Crippen LogP contribution in [0.5, 0.6) is 0 Å². The van der Waals surface area contributed by atoms with Crippen molar-refractivity contribution in [2.45, 2.75) is 121 Å². The molecule has 2 spiro atoms. The normalized spacial score (nSPS) is 54.7. The monoisotopic (exact) mass is 441 g/mol. The van der Waals surface area contributed by atoms with Gasteiger partial charge in [0.25, 0.3) is 0 Å². The van der Waals surface area contributed by atoms with Gasteiger partial charge in [0.15, 0.2) is 0 Å². The van der Waals surface area contributed by atoms with Crippen LogP contribution < -0.4 is 16.0 Å². The zero-order valence-corrected chi connectivity index (χ0v) is 20.7. The Bertz CT molecular complexity index is 856. The van der Waals surface area contributed by atoms with Crippen molar-refractivity contribution in [1.82, 2.24) is 16.0 Å². The highest BCUT2D eigenvalue weighted by Gasteiger charge is 2.70. The maximum absolute atomic E-state index is 12.1. The van der Waals surface area contributed by atoms with Crippen LogP contribution in [0.3, 0.4) is 0 Å². The minimum absolute atomic E-state index is 0.00154. The number of hydrogen-bond acceptors (Lipinski definition) is 4. The second-order valence-electron chi connectivity index (χ2n) is 12.7. The molecule has 0 bridgehead atoms. The first-order valence-electron chi connectivity index (χ1n) is 13.4. The molecule has 6 rings (SSSR count). The fraction of sp³-hybridized carbons (Fsp3) is 0.889. The lowest BCUT2D eigenvalue weighted by Crippen LogP contribution is -2.54. The van der Waals surface area contributed by atoms with Crippen LogP contribution in [0.25, 0.3) is 0 Å². The molecule has 10 atom stereocenters. The van der Waals surface area contributed by atoms with E-state index in [9.17, 15) is 4.79 Å². The predicted octanol–water partition coefficient (Wildman–Crippen LogP) is 3.68. The lowest BCUT2D eigenvalue weighted by molar-refractivity contribution is -0.127. The van der Waals surface area contributed by atoms with Gasteiger partial charge in [0.1, 0.15) is 0 Å². The van der Waals surface area contributed by atoms with Crippen LogP contribution in [0.1, 0.15) is 86.0 Å². The van der Waals surface area contributed by atoms with E-state index in [1.165, 1.54) is 25.7 Å². The highest BCUT2D eigenvalue weighted by molar-refractivity contribution is 5.77. The molecule has 0 aromatic heterocycles. The molecule has 0 aromatic carbocycles. The standard InChI is InChI=1S/C27H43N3O2/c1-6-21-25(5,8-7-22(31)29-21)19-12-18-16(3)13-26(9-10-27(18)24(19)30-27)17(4)23-20(32-26)11-15(2)14-28-23/h15,17,19-21,23-24,28,30H,6-14H2,1-5H3,(H,29,31). The summed E-state index contributed by atoms with van der Waals surface area (Å²) in [6.45, 7) is 13.0. The van der Waals surface area contributed by atoms with Crippen LogP contribution in [-0.4, -0.2) is 47.8 Å². The van der Waals surface area contributed by atoms with Crippen LogP contribution in [0.4, 0.5) is 0 Å². The number of carbonyl (C=O) groups excluding carboxylic acids is 1. The van der Waals surface area contributed by atoms with Crippen molar-refractivity contribution in [2.24, 2.45) is 23.2 Å². The first-order chi connectivity index (χ1) is 15.2. The van der Waals surface area contributed by atoms with E-state index in [-0.39, 0.29) is 22.5 Å². The summed E-state index contributed by atoms with van der Waals surface area (Å²) >= 11 is 0. The molecule has 0 radical (unpaired) electrons. The van der Waals surface area contributed by atoms with Gasteiger partial charge in [-0.3, -0.25) is 4.79 Å². The highest BCUT2D eigenvalue weighted by atomic mass is 16.5. The molecule has 32 heavy (non-hydrogen) atoms. The number of ether oxygens (including phenoxy) is 1. The molecule has 178 valence electrons. The van der Waals surface area contributed by atoms with Gasteiger partial charge in [-0.25, -0.2) is 0 Å². The molecule has 4 heterocycles. The maximum atomic E-state index is 12.1. The van der Waals surface area contributed by atoms with Crippen molar-refractivity contribution in [3.05, 3.63) is 11.1 Å². The minimum Gasteiger partial charge on any atom is -0.369 e. The van der Waals surface area contributed by atoms with E-state index in [2.05, 4.69) is 50.6 Å². The number of fused-ring (bicyclic) bond motifs is 1. The third-order valence-electron chi connectivity index (χ3n) is 11.0. The van der Waals surface area contributed by atoms with E-state index in [0.717, 1.165) is 25.8 Å². The average molecular weight is 442 g/mol. The molecular formula is C27H43N3O2. The number of rotatable bonds is 2. The van der Waals surface area contributed by atoms with Gasteiger partial charge in [0.2, 0.25) is 5.91 Å². The molecule has 1 amide bonds. The van der Waals surface area contributed by atoms with Crippen molar-refractivity contribution in [3.8, 4) is 0 Å². The molecule has 3 N–H and O–H groups in total. The number of amides is 1. The topological polar surface area (TPSA) is 72.3 Å². The number of nitrogens with one attached hydrogen (secondary N) is 3. The van der Waals surface area contributed by atoms with Gasteiger partial charge in [-0.15, -0.1) is 0 Å². The van der Waals surface area contributed by atoms with E-state index in [1.54, 1.807) is 11.1 Å². The third kappa shape index (κ3) is 2.83. The fourth-order valence-corrected chi connectivity index (χ4v) is 9.02. The van der Waals surface area contributed by atoms with Gasteiger partial charge in [-0.05, 0) is 81.2 Å². The predicted molar refractivity (Wildman–Crippen MR) is 126 cm³/mol. The van der Waals surface area contributed by atoms with Gasteiger partial charge in [-0.2, -0.15) is 0 Å². The van der Waals surface area contributed by atoms with E-state index in [4.69, 9.17) is 4.74 Å². The molecular weight excluding hydrogens is 398 g/mol. The van der Waals surface area contributed by atoms with E-state index in [0.29, 0.717) is 48.4 Å². The van der Waals surface area contributed by atoms with Crippen LogP contribution in [0.2, 0.25) is 0 Å². The smallest absolute Gasteiger partial charge is 0.220 e. The Morgan fingerprint density at radius 2 is 2.00 bits per heavy atom. The SMILES string of the molecule is CCC1NC(=O)CCC1(C)C1CC2=C(C)CC3(CCC24NC14)OC1CC(C)CNC1C3C. The van der Waals surface area contributed by atoms with Gasteiger partial charge >= 0.3 is 0 Å². The number of hydrogen-bond donors (Lipinski definition) is 3. The maximum Gasteiger partial charge on any atom is 0.220 e. The summed E-state index contributed by atoms with van der Waals surface area (Å²) in [5, 5.41) is 11.2. The Kier molecular flexibility index (Phi) is 4.76. The lowest BCUT2D eigenvalue weighted by atomic mass is 9.64. The van der Waals surface area contributed by atoms with Crippen LogP contribution in [-0.2, 0) is 9.53 Å². The second-order valence-corrected chi connectivity index (χ2v) is 12.7. The molecule has 4 saturated heterocycles. The average Bonchev–Trinajstić information content (AvgIpc) is 3.33. The Hall–Kier alpha value is -0.910. The van der Waals surface area contributed by atoms with Crippen molar-refractivity contribution in [2.75, 3.05) is 6.54 Å². The fourth-order valence-electron chi connectivity index (χ4n) is 9.02. The number of piperidine rings is 3. The molecule has 4 aliphatic heterocycles. The summed E-state index contributed by atoms with van der Waals surface area (Å²) in [5.74, 6) is 2.14. The third-order valence-corrected chi connectivity index (χ3v) is 11.0. The lowest BCUT2D eigenvalue weighted by Gasteiger charge is -2.46. The van der Waals surface area contributed by atoms with Gasteiger partial charge in [0.05, 0.1) is 17.2 Å². The Labute approximate surface area is 193 Å². The summed E-state index contributed by atoms with van der Waals surface area (Å²) in [6.07, 6.45) is 9.00. The van der Waals surface area contributed by atoms with Gasteiger partial charge < -0.3 is 20.7 Å². The highest BCUT2D eigenvalue weighted by Crippen LogP contribution is 2.64. The van der Waals surface area contributed by atoms with E-state index in [1.807, 2.05) is 0 Å². The van der Waals surface area contributed by atoms with Gasteiger partial charge in [0, 0.05) is 30.5 Å². The molecule has 0 aromatic rings. The molecule has 6 aliphatic rings. The zero-order valence-electron chi connectivity index (χ0n) is 20.7. The minimum atomic E-state index is 0.00154. The van der Waals surface area contributed by atoms with Crippen LogP contribution >= 0.6 is 0 Å². The zero-order chi connectivity index (χ0) is 22.5. The Balaban J connectivity index is 1.28. The van der Waals surface area contributed by atoms with Crippen LogP contribution in [0.15, 0.2) is 11.1 Å². The summed E-state index contributed by atoms with van der Waals surface area (Å²) in [4.78, 5) is 12.1. The number of carbonyl (C=O) groups is 1. The van der Waals surface area contributed by atoms with Crippen molar-refractivity contribution in [3.63, 3.8) is 0 Å². The molecule has 1 saturated carbocycles. The summed E-state index contributed by atoms with van der Waals surface area (Å²) in [5.41, 5.74) is 3.69. The van der Waals surface area contributed by atoms with Crippen molar-refractivity contribution in [1.29, 1.82) is 0 Å². The summed E-state index contributed by atoms with van der Waals surface area (Å²) < 4.78 is 6.99. The molecule has 10 unspecified atom stereocenters. The van der Waals surface area contributed by atoms with Gasteiger partial charge in [-0.1, -0.05) is 33.3 Å². The summed E-state index contributed by atoms with van der Waals surface area (Å²) in [7, 11) is 0. The Morgan fingerprint density at radius 3 is 2.78 bits per heavy atom. The summed E-state index contributed by atoms with van der Waals surface area (Å²) in [6, 6.07) is 1.40. The largest absolute Gasteiger partial charge is 0.369 e. The molecule has 5 nitrogen and oxygen atoms in total. The molecule has 2 aliphatic carbocycles. The van der Waals surface area contributed by atoms with Crippen molar-refractivity contribution >= 4 is 5.91 Å². The Morgan fingerprint density at radius 1 is 1.19 bits per heavy atom. The van der Waals surface area contributed by atoms with Crippen LogP contribution in [0, 0.1) is 23.2 Å². The molecule has 5 fully saturated rings. The van der Waals surface area contributed by atoms with E-state index < -0.39 is 0 Å². The first kappa shape index (κ1) is 21.6. The van der Waals surface area contributed by atoms with Crippen molar-refractivity contribution < 1.29 is 9.53 Å². The first-order valence-corrected chi connectivity index (χ1v) is 13.4.